The number of halogens is 1. The van der Waals surface area contributed by atoms with Gasteiger partial charge in [0.2, 0.25) is 0 Å². The predicted octanol–water partition coefficient (Wildman–Crippen LogP) is 1.41. The van der Waals surface area contributed by atoms with Crippen LogP contribution in [0.1, 0.15) is 13.3 Å². The van der Waals surface area contributed by atoms with E-state index in [-0.39, 0.29) is 0 Å². The second kappa shape index (κ2) is 4.26. The summed E-state index contributed by atoms with van der Waals surface area (Å²) in [6.45, 7) is 8.71. The number of rotatable bonds is 2. The number of piperidine rings is 1. The van der Waals surface area contributed by atoms with Gasteiger partial charge in [-0.3, -0.25) is 4.90 Å². The summed E-state index contributed by atoms with van der Waals surface area (Å²) in [4.78, 5) is 2.26. The minimum absolute atomic E-state index is 0.301. The third-order valence-corrected chi connectivity index (χ3v) is 2.62. The lowest BCUT2D eigenvalue weighted by Gasteiger charge is -2.34. The Bertz CT molecular complexity index is 170. The van der Waals surface area contributed by atoms with Crippen molar-refractivity contribution in [3.8, 4) is 0 Å². The molecule has 1 heterocycles. The quantitative estimate of drug-likeness (QED) is 0.710. The Balaban J connectivity index is 2.35. The second-order valence-corrected chi connectivity index (χ2v) is 4.22. The number of likely N-dealkylation sites (tertiary alicyclic amines) is 1. The SMILES string of the molecule is C=C(Cl)CN1CCC(C)C(N)C1. The van der Waals surface area contributed by atoms with Crippen molar-refractivity contribution in [2.45, 2.75) is 19.4 Å². The van der Waals surface area contributed by atoms with Crippen molar-refractivity contribution >= 4 is 11.6 Å². The van der Waals surface area contributed by atoms with Crippen LogP contribution in [0.4, 0.5) is 0 Å². The molecule has 0 aromatic rings. The van der Waals surface area contributed by atoms with Crippen LogP contribution in [0.2, 0.25) is 0 Å². The molecule has 0 spiro atoms. The maximum atomic E-state index is 5.93. The zero-order valence-electron chi connectivity index (χ0n) is 7.59. The van der Waals surface area contributed by atoms with Gasteiger partial charge < -0.3 is 5.73 Å². The molecule has 0 aromatic carbocycles. The summed E-state index contributed by atoms with van der Waals surface area (Å²) in [5.74, 6) is 0.643. The molecule has 2 unspecified atom stereocenters. The molecule has 2 N–H and O–H groups in total. The molecule has 70 valence electrons. The number of hydrogen-bond donors (Lipinski definition) is 1. The van der Waals surface area contributed by atoms with Crippen LogP contribution in [0, 0.1) is 5.92 Å². The molecule has 1 rings (SSSR count). The van der Waals surface area contributed by atoms with Gasteiger partial charge in [0.1, 0.15) is 0 Å². The summed E-state index contributed by atoms with van der Waals surface area (Å²) >= 11 is 5.72. The predicted molar refractivity (Wildman–Crippen MR) is 53.2 cm³/mol. The first-order chi connectivity index (χ1) is 5.59. The first-order valence-corrected chi connectivity index (χ1v) is 4.78. The Labute approximate surface area is 79.4 Å². The summed E-state index contributed by atoms with van der Waals surface area (Å²) in [6, 6.07) is 0.301. The molecular weight excluding hydrogens is 172 g/mol. The van der Waals surface area contributed by atoms with Crippen LogP contribution in [0.3, 0.4) is 0 Å². The van der Waals surface area contributed by atoms with E-state index in [0.717, 1.165) is 19.6 Å². The van der Waals surface area contributed by atoms with Crippen molar-refractivity contribution in [3.05, 3.63) is 11.6 Å². The van der Waals surface area contributed by atoms with Crippen molar-refractivity contribution in [1.29, 1.82) is 0 Å². The highest BCUT2D eigenvalue weighted by atomic mass is 35.5. The van der Waals surface area contributed by atoms with Crippen molar-refractivity contribution in [2.75, 3.05) is 19.6 Å². The maximum absolute atomic E-state index is 5.93. The Hall–Kier alpha value is -0.0500. The largest absolute Gasteiger partial charge is 0.326 e. The molecule has 12 heavy (non-hydrogen) atoms. The summed E-state index contributed by atoms with van der Waals surface area (Å²) in [5.41, 5.74) is 5.93. The third kappa shape index (κ3) is 2.77. The molecule has 0 amide bonds. The van der Waals surface area contributed by atoms with Gasteiger partial charge in [-0.15, -0.1) is 0 Å². The number of nitrogens with zero attached hydrogens (tertiary/aromatic N) is 1. The first-order valence-electron chi connectivity index (χ1n) is 4.41. The average molecular weight is 189 g/mol. The van der Waals surface area contributed by atoms with Crippen LogP contribution in [0.25, 0.3) is 0 Å². The highest BCUT2D eigenvalue weighted by molar-refractivity contribution is 6.29. The van der Waals surface area contributed by atoms with Crippen LogP contribution >= 0.6 is 11.6 Å². The zero-order chi connectivity index (χ0) is 9.14. The molecule has 0 bridgehead atoms. The summed E-state index contributed by atoms with van der Waals surface area (Å²) in [7, 11) is 0. The highest BCUT2D eigenvalue weighted by Crippen LogP contribution is 2.16. The standard InChI is InChI=1S/C9H17ClN2/c1-7-3-4-12(5-8(2)10)6-9(7)11/h7,9H,2-6,11H2,1H3. The average Bonchev–Trinajstić information content (AvgIpc) is 1.96. The molecule has 1 aliphatic rings. The Morgan fingerprint density at radius 3 is 2.92 bits per heavy atom. The van der Waals surface area contributed by atoms with E-state index in [2.05, 4.69) is 18.4 Å². The smallest absolute Gasteiger partial charge is 0.0336 e. The minimum Gasteiger partial charge on any atom is -0.326 e. The van der Waals surface area contributed by atoms with Crippen LogP contribution in [0.15, 0.2) is 11.6 Å². The van der Waals surface area contributed by atoms with Gasteiger partial charge in [-0.1, -0.05) is 25.1 Å². The summed E-state index contributed by atoms with van der Waals surface area (Å²) in [5, 5.41) is 0.705. The first kappa shape index (κ1) is 10.0. The van der Waals surface area contributed by atoms with Gasteiger partial charge in [0.25, 0.3) is 0 Å². The topological polar surface area (TPSA) is 29.3 Å². The Morgan fingerprint density at radius 2 is 2.42 bits per heavy atom. The molecule has 1 fully saturated rings. The van der Waals surface area contributed by atoms with Crippen LogP contribution in [0.5, 0.6) is 0 Å². The van der Waals surface area contributed by atoms with Crippen LogP contribution in [-0.4, -0.2) is 30.6 Å². The second-order valence-electron chi connectivity index (χ2n) is 3.68. The van der Waals surface area contributed by atoms with Gasteiger partial charge in [0, 0.05) is 24.2 Å². The normalized spacial score (nSPS) is 31.9. The summed E-state index contributed by atoms with van der Waals surface area (Å²) in [6.07, 6.45) is 1.17. The van der Waals surface area contributed by atoms with Gasteiger partial charge in [-0.2, -0.15) is 0 Å². The molecule has 0 radical (unpaired) electrons. The fraction of sp³-hybridized carbons (Fsp3) is 0.778. The lowest BCUT2D eigenvalue weighted by Crippen LogP contribution is -2.47. The van der Waals surface area contributed by atoms with Crippen molar-refractivity contribution in [2.24, 2.45) is 11.7 Å². The van der Waals surface area contributed by atoms with E-state index in [1.54, 1.807) is 0 Å². The van der Waals surface area contributed by atoms with Gasteiger partial charge >= 0.3 is 0 Å². The van der Waals surface area contributed by atoms with Crippen LogP contribution < -0.4 is 5.73 Å². The Morgan fingerprint density at radius 1 is 1.75 bits per heavy atom. The van der Waals surface area contributed by atoms with Crippen molar-refractivity contribution in [1.82, 2.24) is 4.90 Å². The van der Waals surface area contributed by atoms with E-state index in [4.69, 9.17) is 17.3 Å². The van der Waals surface area contributed by atoms with Gasteiger partial charge in [0.15, 0.2) is 0 Å². The maximum Gasteiger partial charge on any atom is 0.0336 e. The molecule has 0 saturated carbocycles. The number of nitrogens with two attached hydrogens (primary N) is 1. The molecule has 1 aliphatic heterocycles. The van der Waals surface area contributed by atoms with Gasteiger partial charge in [-0.25, -0.2) is 0 Å². The van der Waals surface area contributed by atoms with E-state index in [0.29, 0.717) is 17.0 Å². The van der Waals surface area contributed by atoms with E-state index < -0.39 is 0 Å². The van der Waals surface area contributed by atoms with Gasteiger partial charge in [0.05, 0.1) is 0 Å². The highest BCUT2D eigenvalue weighted by Gasteiger charge is 2.22. The molecule has 1 saturated heterocycles. The van der Waals surface area contributed by atoms with E-state index in [1.807, 2.05) is 0 Å². The Kier molecular flexibility index (Phi) is 3.56. The number of hydrogen-bond acceptors (Lipinski definition) is 2. The molecule has 2 nitrogen and oxygen atoms in total. The van der Waals surface area contributed by atoms with Crippen molar-refractivity contribution in [3.63, 3.8) is 0 Å². The summed E-state index contributed by atoms with van der Waals surface area (Å²) < 4.78 is 0. The molecule has 3 heteroatoms. The van der Waals surface area contributed by atoms with Crippen molar-refractivity contribution < 1.29 is 0 Å². The van der Waals surface area contributed by atoms with E-state index in [9.17, 15) is 0 Å². The third-order valence-electron chi connectivity index (χ3n) is 2.50. The molecule has 0 aromatic heterocycles. The molecular formula is C9H17ClN2. The fourth-order valence-electron chi connectivity index (χ4n) is 1.56. The zero-order valence-corrected chi connectivity index (χ0v) is 8.35. The minimum atomic E-state index is 0.301. The lowest BCUT2D eigenvalue weighted by atomic mass is 9.94. The van der Waals surface area contributed by atoms with E-state index in [1.165, 1.54) is 6.42 Å². The van der Waals surface area contributed by atoms with Gasteiger partial charge in [-0.05, 0) is 18.9 Å². The fourth-order valence-corrected chi connectivity index (χ4v) is 1.72. The lowest BCUT2D eigenvalue weighted by molar-refractivity contribution is 0.183. The molecule has 0 aliphatic carbocycles. The molecule has 2 atom stereocenters. The van der Waals surface area contributed by atoms with Crippen LogP contribution in [-0.2, 0) is 0 Å². The van der Waals surface area contributed by atoms with E-state index >= 15 is 0 Å². The monoisotopic (exact) mass is 188 g/mol.